The maximum absolute atomic E-state index is 11.5. The van der Waals surface area contributed by atoms with Crippen molar-refractivity contribution in [3.8, 4) is 0 Å². The van der Waals surface area contributed by atoms with Gasteiger partial charge in [0.15, 0.2) is 0 Å². The Bertz CT molecular complexity index is 295. The molecule has 0 aromatic heterocycles. The number of carbonyl (C=O) groups excluding carboxylic acids is 1. The van der Waals surface area contributed by atoms with E-state index in [4.69, 9.17) is 9.47 Å². The van der Waals surface area contributed by atoms with Gasteiger partial charge >= 0.3 is 5.97 Å². The van der Waals surface area contributed by atoms with E-state index in [1.807, 2.05) is 6.92 Å². The molecule has 0 fully saturated rings. The molecule has 0 saturated heterocycles. The lowest BCUT2D eigenvalue weighted by molar-refractivity contribution is -0.150. The number of ether oxygens (including phenoxy) is 2. The highest BCUT2D eigenvalue weighted by molar-refractivity contribution is 5.76. The van der Waals surface area contributed by atoms with E-state index in [9.17, 15) is 15.0 Å². The molecule has 5 nitrogen and oxygen atoms in total. The van der Waals surface area contributed by atoms with Crippen molar-refractivity contribution < 1.29 is 24.5 Å². The summed E-state index contributed by atoms with van der Waals surface area (Å²) in [5.74, 6) is -1.45. The molecule has 2 N–H and O–H groups in total. The van der Waals surface area contributed by atoms with Gasteiger partial charge in [-0.25, -0.2) is 0 Å². The van der Waals surface area contributed by atoms with Gasteiger partial charge in [0, 0.05) is 6.61 Å². The first-order valence-electron chi connectivity index (χ1n) is 5.16. The van der Waals surface area contributed by atoms with Crippen LogP contribution >= 0.6 is 0 Å². The molecular formula is C11H16O5. The fourth-order valence-corrected chi connectivity index (χ4v) is 1.30. The van der Waals surface area contributed by atoms with Gasteiger partial charge in [-0.2, -0.15) is 0 Å². The van der Waals surface area contributed by atoms with E-state index in [-0.39, 0.29) is 12.4 Å². The second-order valence-electron chi connectivity index (χ2n) is 3.33. The monoisotopic (exact) mass is 228 g/mol. The average Bonchev–Trinajstić information content (AvgIpc) is 2.27. The Kier molecular flexibility index (Phi) is 5.01. The van der Waals surface area contributed by atoms with Crippen LogP contribution in [0.3, 0.4) is 0 Å². The second kappa shape index (κ2) is 6.30. The highest BCUT2D eigenvalue weighted by Crippen LogP contribution is 2.17. The van der Waals surface area contributed by atoms with E-state index in [0.29, 0.717) is 13.2 Å². The fourth-order valence-electron chi connectivity index (χ4n) is 1.30. The van der Waals surface area contributed by atoms with Crippen LogP contribution < -0.4 is 0 Å². The van der Waals surface area contributed by atoms with Gasteiger partial charge < -0.3 is 19.7 Å². The molecule has 5 heteroatoms. The molecule has 0 spiro atoms. The van der Waals surface area contributed by atoms with Crippen LogP contribution in [0.5, 0.6) is 0 Å². The van der Waals surface area contributed by atoms with E-state index in [2.05, 4.69) is 0 Å². The van der Waals surface area contributed by atoms with Gasteiger partial charge in [0.05, 0.1) is 12.7 Å². The summed E-state index contributed by atoms with van der Waals surface area (Å²) >= 11 is 0. The number of carbonyl (C=O) groups is 1. The highest BCUT2D eigenvalue weighted by atomic mass is 16.6. The standard InChI is InChI=1S/C11H16O5/c1-2-15-5-6-16-11(14)9-7-8(12)3-4-10(9)13/h3-4,7,9-10,12-13H,2,5-6H2,1H3/t9-,10?/m0/s1. The minimum absolute atomic E-state index is 0.0444. The number of aliphatic hydroxyl groups is 2. The molecule has 0 aliphatic heterocycles. The molecular weight excluding hydrogens is 212 g/mol. The van der Waals surface area contributed by atoms with Crippen molar-refractivity contribution >= 4 is 5.97 Å². The third-order valence-corrected chi connectivity index (χ3v) is 2.13. The Labute approximate surface area is 94.0 Å². The van der Waals surface area contributed by atoms with E-state index in [1.54, 1.807) is 0 Å². The predicted octanol–water partition coefficient (Wildman–Crippen LogP) is 0.555. The van der Waals surface area contributed by atoms with Crippen molar-refractivity contribution in [1.29, 1.82) is 0 Å². The Hall–Kier alpha value is -1.33. The van der Waals surface area contributed by atoms with Crippen LogP contribution in [0, 0.1) is 5.92 Å². The molecule has 1 aliphatic carbocycles. The van der Waals surface area contributed by atoms with Crippen molar-refractivity contribution in [1.82, 2.24) is 0 Å². The molecule has 0 amide bonds. The van der Waals surface area contributed by atoms with Gasteiger partial charge in [-0.1, -0.05) is 6.08 Å². The molecule has 90 valence electrons. The van der Waals surface area contributed by atoms with Crippen LogP contribution in [0.1, 0.15) is 6.92 Å². The van der Waals surface area contributed by atoms with Crippen LogP contribution in [0.15, 0.2) is 24.0 Å². The zero-order valence-corrected chi connectivity index (χ0v) is 9.13. The maximum atomic E-state index is 11.5. The summed E-state index contributed by atoms with van der Waals surface area (Å²) in [6.07, 6.45) is 3.02. The van der Waals surface area contributed by atoms with Crippen LogP contribution in [0.25, 0.3) is 0 Å². The Morgan fingerprint density at radius 1 is 1.50 bits per heavy atom. The molecule has 2 atom stereocenters. The van der Waals surface area contributed by atoms with Crippen LogP contribution in [-0.4, -0.2) is 42.1 Å². The van der Waals surface area contributed by atoms with Crippen molar-refractivity contribution in [3.63, 3.8) is 0 Å². The van der Waals surface area contributed by atoms with Crippen LogP contribution in [0.2, 0.25) is 0 Å². The average molecular weight is 228 g/mol. The summed E-state index contributed by atoms with van der Waals surface area (Å²) in [5.41, 5.74) is 0. The van der Waals surface area contributed by atoms with E-state index >= 15 is 0 Å². The molecule has 0 bridgehead atoms. The lowest BCUT2D eigenvalue weighted by atomic mass is 9.97. The SMILES string of the molecule is CCOCCOC(=O)[C@H]1C=C(O)C=CC1O. The number of hydrogen-bond donors (Lipinski definition) is 2. The van der Waals surface area contributed by atoms with Gasteiger partial charge in [0.2, 0.25) is 0 Å². The van der Waals surface area contributed by atoms with Crippen molar-refractivity contribution in [2.24, 2.45) is 5.92 Å². The van der Waals surface area contributed by atoms with Crippen molar-refractivity contribution in [3.05, 3.63) is 24.0 Å². The summed E-state index contributed by atoms with van der Waals surface area (Å²) in [5, 5.41) is 18.7. The highest BCUT2D eigenvalue weighted by Gasteiger charge is 2.27. The fraction of sp³-hybridized carbons (Fsp3) is 0.545. The number of allylic oxidation sites excluding steroid dienone is 1. The molecule has 0 aromatic carbocycles. The second-order valence-corrected chi connectivity index (χ2v) is 3.33. The predicted molar refractivity (Wildman–Crippen MR) is 56.8 cm³/mol. The number of hydrogen-bond acceptors (Lipinski definition) is 5. The molecule has 16 heavy (non-hydrogen) atoms. The van der Waals surface area contributed by atoms with Gasteiger partial charge in [-0.15, -0.1) is 0 Å². The molecule has 0 saturated carbocycles. The summed E-state index contributed by atoms with van der Waals surface area (Å²) in [7, 11) is 0. The summed E-state index contributed by atoms with van der Waals surface area (Å²) in [6, 6.07) is 0. The molecule has 0 heterocycles. The molecule has 0 radical (unpaired) electrons. The van der Waals surface area contributed by atoms with Crippen molar-refractivity contribution in [2.75, 3.05) is 19.8 Å². The quantitative estimate of drug-likeness (QED) is 0.531. The van der Waals surface area contributed by atoms with Crippen molar-refractivity contribution in [2.45, 2.75) is 13.0 Å². The number of aliphatic hydroxyl groups excluding tert-OH is 2. The Morgan fingerprint density at radius 2 is 2.25 bits per heavy atom. The molecule has 1 aliphatic rings. The Morgan fingerprint density at radius 3 is 2.94 bits per heavy atom. The first-order valence-corrected chi connectivity index (χ1v) is 5.16. The molecule has 1 unspecified atom stereocenters. The topological polar surface area (TPSA) is 76.0 Å². The van der Waals surface area contributed by atoms with Crippen LogP contribution in [0.4, 0.5) is 0 Å². The summed E-state index contributed by atoms with van der Waals surface area (Å²) in [6.45, 7) is 2.89. The van der Waals surface area contributed by atoms with E-state index in [0.717, 1.165) is 0 Å². The first kappa shape index (κ1) is 12.7. The van der Waals surface area contributed by atoms with Gasteiger partial charge in [-0.3, -0.25) is 4.79 Å². The first-order chi connectivity index (χ1) is 7.65. The third-order valence-electron chi connectivity index (χ3n) is 2.13. The minimum atomic E-state index is -0.949. The number of esters is 1. The minimum Gasteiger partial charge on any atom is -0.508 e. The summed E-state index contributed by atoms with van der Waals surface area (Å²) < 4.78 is 9.89. The smallest absolute Gasteiger partial charge is 0.316 e. The molecule has 0 aromatic rings. The molecule has 1 rings (SSSR count). The summed E-state index contributed by atoms with van der Waals surface area (Å²) in [4.78, 5) is 11.5. The van der Waals surface area contributed by atoms with Crippen LogP contribution in [-0.2, 0) is 14.3 Å². The van der Waals surface area contributed by atoms with E-state index < -0.39 is 18.0 Å². The zero-order chi connectivity index (χ0) is 12.0. The van der Waals surface area contributed by atoms with Gasteiger partial charge in [0.25, 0.3) is 0 Å². The van der Waals surface area contributed by atoms with Gasteiger partial charge in [-0.05, 0) is 19.1 Å². The maximum Gasteiger partial charge on any atom is 0.316 e. The largest absolute Gasteiger partial charge is 0.508 e. The lowest BCUT2D eigenvalue weighted by Gasteiger charge is -2.18. The lowest BCUT2D eigenvalue weighted by Crippen LogP contribution is -2.29. The van der Waals surface area contributed by atoms with Gasteiger partial charge in [0.1, 0.15) is 18.3 Å². The van der Waals surface area contributed by atoms with E-state index in [1.165, 1.54) is 18.2 Å². The third kappa shape index (κ3) is 3.67. The Balaban J connectivity index is 2.38. The zero-order valence-electron chi connectivity index (χ0n) is 9.13. The number of rotatable bonds is 5. The normalized spacial score (nSPS) is 24.0.